The second kappa shape index (κ2) is 13.6. The molecular weight excluding hydrogens is 554 g/mol. The summed E-state index contributed by atoms with van der Waals surface area (Å²) in [6.45, 7) is 5.06. The van der Waals surface area contributed by atoms with Gasteiger partial charge in [0.2, 0.25) is 6.79 Å². The number of carbonyl (C=O) groups excluding carboxylic acids is 4. The summed E-state index contributed by atoms with van der Waals surface area (Å²) >= 11 is 0. The molecule has 3 aromatic rings. The first-order chi connectivity index (χ1) is 20.7. The zero-order chi connectivity index (χ0) is 31.1. The number of esters is 1. The zero-order valence-electron chi connectivity index (χ0n) is 24.5. The molecule has 1 fully saturated rings. The summed E-state index contributed by atoms with van der Waals surface area (Å²) in [5.74, 6) is -1.72. The molecule has 0 atom stereocenters. The quantitative estimate of drug-likeness (QED) is 0.114. The van der Waals surface area contributed by atoms with Crippen molar-refractivity contribution in [2.75, 3.05) is 30.7 Å². The number of hydrogen-bond acceptors (Lipinski definition) is 9. The number of hydrogen-bond donors (Lipinski definition) is 4. The van der Waals surface area contributed by atoms with E-state index in [0.717, 1.165) is 24.2 Å². The van der Waals surface area contributed by atoms with Gasteiger partial charge in [0.25, 0.3) is 11.8 Å². The van der Waals surface area contributed by atoms with Crippen molar-refractivity contribution in [2.24, 2.45) is 0 Å². The van der Waals surface area contributed by atoms with Crippen LogP contribution >= 0.6 is 0 Å². The van der Waals surface area contributed by atoms with Gasteiger partial charge in [-0.2, -0.15) is 0 Å². The van der Waals surface area contributed by atoms with Crippen molar-refractivity contribution in [3.8, 4) is 0 Å². The smallest absolute Gasteiger partial charge is 0.423 e. The summed E-state index contributed by atoms with van der Waals surface area (Å²) in [5, 5.41) is 14.9. The predicted molar refractivity (Wildman–Crippen MR) is 159 cm³/mol. The highest BCUT2D eigenvalue weighted by Crippen LogP contribution is 2.28. The molecule has 13 nitrogen and oxygen atoms in total. The second-order valence-corrected chi connectivity index (χ2v) is 10.0. The largest absolute Gasteiger partial charge is 0.424 e. The number of pyridine rings is 1. The number of carbonyl (C=O) groups is 4. The first-order valence-corrected chi connectivity index (χ1v) is 13.9. The van der Waals surface area contributed by atoms with Gasteiger partial charge in [-0.15, -0.1) is 0 Å². The maximum absolute atomic E-state index is 13.6. The molecule has 0 aliphatic heterocycles. The van der Waals surface area contributed by atoms with E-state index in [-0.39, 0.29) is 40.6 Å². The van der Waals surface area contributed by atoms with E-state index in [1.807, 2.05) is 6.92 Å². The third-order valence-electron chi connectivity index (χ3n) is 6.80. The number of ether oxygens (including phenoxy) is 2. The van der Waals surface area contributed by atoms with Crippen molar-refractivity contribution in [2.45, 2.75) is 46.1 Å². The van der Waals surface area contributed by atoms with Gasteiger partial charge < -0.3 is 25.5 Å². The molecule has 0 bridgehead atoms. The Morgan fingerprint density at radius 2 is 1.86 bits per heavy atom. The van der Waals surface area contributed by atoms with Crippen LogP contribution in [0.15, 0.2) is 48.9 Å². The Kier molecular flexibility index (Phi) is 9.76. The molecule has 0 spiro atoms. The molecule has 43 heavy (non-hydrogen) atoms. The Balaban J connectivity index is 1.68. The van der Waals surface area contributed by atoms with E-state index < -0.39 is 18.9 Å². The van der Waals surface area contributed by atoms with E-state index >= 15 is 0 Å². The second-order valence-electron chi connectivity index (χ2n) is 10.0. The van der Waals surface area contributed by atoms with Gasteiger partial charge in [0.15, 0.2) is 5.84 Å². The van der Waals surface area contributed by atoms with E-state index in [2.05, 4.69) is 21.0 Å². The van der Waals surface area contributed by atoms with Crippen LogP contribution < -0.4 is 21.0 Å². The van der Waals surface area contributed by atoms with Gasteiger partial charge in [0, 0.05) is 43.8 Å². The molecular formula is C30H35N7O6. The number of aromatic nitrogens is 2. The van der Waals surface area contributed by atoms with Gasteiger partial charge in [-0.05, 0) is 68.5 Å². The van der Waals surface area contributed by atoms with Crippen LogP contribution in [-0.2, 0) is 9.47 Å². The SMILES string of the molecule is CCCNC(=O)c1cn(NC)c(C(=N)N(C(=O)OCOC(=O)c2cccnc2)c2cc(C(=O)NC3CC3)ccc2C)c1C. The van der Waals surface area contributed by atoms with Crippen LogP contribution in [0.4, 0.5) is 10.5 Å². The average Bonchev–Trinajstić information content (AvgIpc) is 3.76. The number of rotatable bonds is 11. The molecule has 0 radical (unpaired) electrons. The molecule has 1 aromatic carbocycles. The lowest BCUT2D eigenvalue weighted by Gasteiger charge is -2.26. The van der Waals surface area contributed by atoms with Crippen LogP contribution in [0, 0.1) is 19.3 Å². The molecule has 1 saturated carbocycles. The molecule has 1 aliphatic rings. The predicted octanol–water partition coefficient (Wildman–Crippen LogP) is 3.49. The molecule has 1 aliphatic carbocycles. The monoisotopic (exact) mass is 589 g/mol. The van der Waals surface area contributed by atoms with Crippen LogP contribution in [0.2, 0.25) is 0 Å². The third-order valence-corrected chi connectivity index (χ3v) is 6.80. The molecule has 4 rings (SSSR count). The third kappa shape index (κ3) is 7.18. The van der Waals surface area contributed by atoms with Crippen molar-refractivity contribution in [3.63, 3.8) is 0 Å². The molecule has 3 amide bonds. The molecule has 0 saturated heterocycles. The number of anilines is 1. The van der Waals surface area contributed by atoms with Crippen LogP contribution in [0.5, 0.6) is 0 Å². The van der Waals surface area contributed by atoms with E-state index in [0.29, 0.717) is 28.8 Å². The number of nitrogens with zero attached hydrogens (tertiary/aromatic N) is 3. The van der Waals surface area contributed by atoms with Crippen molar-refractivity contribution in [1.82, 2.24) is 20.3 Å². The summed E-state index contributed by atoms with van der Waals surface area (Å²) in [6.07, 6.45) is 5.87. The normalized spacial score (nSPS) is 12.2. The first kappa shape index (κ1) is 30.8. The molecule has 13 heteroatoms. The Morgan fingerprint density at radius 1 is 1.09 bits per heavy atom. The summed E-state index contributed by atoms with van der Waals surface area (Å²) in [5.41, 5.74) is 5.12. The van der Waals surface area contributed by atoms with Crippen molar-refractivity contribution in [1.29, 1.82) is 5.41 Å². The Hall–Kier alpha value is -5.20. The van der Waals surface area contributed by atoms with Crippen LogP contribution in [0.25, 0.3) is 0 Å². The Bertz CT molecular complexity index is 1530. The molecule has 226 valence electrons. The molecule has 0 unspecified atom stereocenters. The van der Waals surface area contributed by atoms with E-state index in [1.165, 1.54) is 35.4 Å². The Labute approximate surface area is 249 Å². The lowest BCUT2D eigenvalue weighted by atomic mass is 10.1. The highest BCUT2D eigenvalue weighted by atomic mass is 16.7. The lowest BCUT2D eigenvalue weighted by molar-refractivity contribution is 0.0000537. The van der Waals surface area contributed by atoms with Gasteiger partial charge in [-0.3, -0.25) is 24.7 Å². The van der Waals surface area contributed by atoms with Crippen molar-refractivity contribution < 1.29 is 28.7 Å². The highest BCUT2D eigenvalue weighted by molar-refractivity contribution is 6.21. The minimum Gasteiger partial charge on any atom is -0.424 e. The minimum absolute atomic E-state index is 0.116. The van der Waals surface area contributed by atoms with Crippen molar-refractivity contribution in [3.05, 3.63) is 82.4 Å². The molecule has 4 N–H and O–H groups in total. The van der Waals surface area contributed by atoms with Crippen molar-refractivity contribution >= 4 is 35.4 Å². The summed E-state index contributed by atoms with van der Waals surface area (Å²) in [4.78, 5) is 56.6. The van der Waals surface area contributed by atoms with Gasteiger partial charge in [0.05, 0.1) is 16.8 Å². The average molecular weight is 590 g/mol. The number of benzene rings is 1. The van der Waals surface area contributed by atoms with E-state index in [4.69, 9.17) is 9.47 Å². The number of aryl methyl sites for hydroxylation is 1. The van der Waals surface area contributed by atoms with Gasteiger partial charge in [0.1, 0.15) is 5.69 Å². The summed E-state index contributed by atoms with van der Waals surface area (Å²) < 4.78 is 11.9. The highest BCUT2D eigenvalue weighted by Gasteiger charge is 2.31. The molecule has 2 heterocycles. The topological polar surface area (TPSA) is 168 Å². The standard InChI is InChI=1S/C30H35N7O6/c1-5-12-34-28(39)23-16-36(32-4)25(19(23)3)26(31)37(30(41)43-17-42-29(40)21-7-6-13-33-15-21)24-14-20(9-8-18(24)2)27(38)35-22-10-11-22/h6-9,13-16,22,31-32H,5,10-12,17H2,1-4H3,(H,34,39)(H,35,38). The van der Waals surface area contributed by atoms with Gasteiger partial charge in [-0.1, -0.05) is 13.0 Å². The van der Waals surface area contributed by atoms with E-state index in [1.54, 1.807) is 39.1 Å². The zero-order valence-corrected chi connectivity index (χ0v) is 24.5. The molecule has 2 aromatic heterocycles. The maximum atomic E-state index is 13.6. The van der Waals surface area contributed by atoms with E-state index in [9.17, 15) is 24.6 Å². The number of amides is 3. The summed E-state index contributed by atoms with van der Waals surface area (Å²) in [6, 6.07) is 7.99. The van der Waals surface area contributed by atoms with Crippen LogP contribution in [0.1, 0.15) is 74.1 Å². The number of amidine groups is 1. The lowest BCUT2D eigenvalue weighted by Crippen LogP contribution is -2.40. The van der Waals surface area contributed by atoms with Gasteiger partial charge in [-0.25, -0.2) is 14.5 Å². The Morgan fingerprint density at radius 3 is 2.51 bits per heavy atom. The van der Waals surface area contributed by atoms with Crippen LogP contribution in [-0.4, -0.2) is 65.8 Å². The fourth-order valence-electron chi connectivity index (χ4n) is 4.30. The van der Waals surface area contributed by atoms with Gasteiger partial charge >= 0.3 is 12.1 Å². The number of nitrogens with one attached hydrogen (secondary N) is 4. The first-order valence-electron chi connectivity index (χ1n) is 13.9. The maximum Gasteiger partial charge on any atom is 0.423 e. The summed E-state index contributed by atoms with van der Waals surface area (Å²) in [7, 11) is 1.61. The fourth-order valence-corrected chi connectivity index (χ4v) is 4.30. The fraction of sp³-hybridized carbons (Fsp3) is 0.333. The minimum atomic E-state index is -1.04. The van der Waals surface area contributed by atoms with Crippen LogP contribution in [0.3, 0.4) is 0 Å².